The van der Waals surface area contributed by atoms with E-state index in [0.717, 1.165) is 11.6 Å². The van der Waals surface area contributed by atoms with Crippen molar-refractivity contribution in [3.05, 3.63) is 58.1 Å². The van der Waals surface area contributed by atoms with E-state index in [9.17, 15) is 9.59 Å². The van der Waals surface area contributed by atoms with Gasteiger partial charge in [0.1, 0.15) is 5.69 Å². The van der Waals surface area contributed by atoms with Crippen molar-refractivity contribution in [3.8, 4) is 0 Å². The number of hydrogen-bond acceptors (Lipinski definition) is 4. The minimum atomic E-state index is -1.07. The Balaban J connectivity index is 2.17. The largest absolute Gasteiger partial charge is 0.478 e. The summed E-state index contributed by atoms with van der Waals surface area (Å²) in [7, 11) is 0. The average Bonchev–Trinajstić information content (AvgIpc) is 2.99. The molecule has 2 aromatic rings. The van der Waals surface area contributed by atoms with Crippen LogP contribution in [0.3, 0.4) is 0 Å². The van der Waals surface area contributed by atoms with E-state index in [4.69, 9.17) is 5.11 Å². The van der Waals surface area contributed by atoms with Crippen molar-refractivity contribution in [1.82, 2.24) is 10.3 Å². The van der Waals surface area contributed by atoms with Gasteiger partial charge in [0.15, 0.2) is 0 Å². The number of aromatic nitrogens is 1. The van der Waals surface area contributed by atoms with E-state index >= 15 is 0 Å². The molecule has 0 aromatic carbocycles. The third-order valence-corrected chi connectivity index (χ3v) is 3.55. The third kappa shape index (κ3) is 4.00. The molecule has 2 aromatic heterocycles. The molecule has 5 nitrogen and oxygen atoms in total. The van der Waals surface area contributed by atoms with Gasteiger partial charge < -0.3 is 10.4 Å². The first kappa shape index (κ1) is 14.9. The van der Waals surface area contributed by atoms with Gasteiger partial charge in [-0.2, -0.15) is 11.3 Å². The number of carbonyl (C=O) groups excluding carboxylic acids is 1. The van der Waals surface area contributed by atoms with Crippen molar-refractivity contribution in [2.45, 2.75) is 13.0 Å². The molecule has 0 aliphatic rings. The van der Waals surface area contributed by atoms with E-state index in [0.29, 0.717) is 5.56 Å². The van der Waals surface area contributed by atoms with Crippen LogP contribution >= 0.6 is 11.3 Å². The van der Waals surface area contributed by atoms with E-state index in [-0.39, 0.29) is 17.6 Å². The number of thiophene rings is 1. The van der Waals surface area contributed by atoms with Gasteiger partial charge in [-0.1, -0.05) is 6.07 Å². The Morgan fingerprint density at radius 3 is 2.90 bits per heavy atom. The summed E-state index contributed by atoms with van der Waals surface area (Å²) in [6.45, 7) is 1.88. The second-order valence-electron chi connectivity index (χ2n) is 4.36. The van der Waals surface area contributed by atoms with E-state index in [1.165, 1.54) is 12.3 Å². The lowest BCUT2D eigenvalue weighted by molar-refractivity contribution is -0.131. The summed E-state index contributed by atoms with van der Waals surface area (Å²) in [6.07, 6.45) is 3.85. The number of amides is 1. The van der Waals surface area contributed by atoms with Gasteiger partial charge in [-0.3, -0.25) is 9.78 Å². The minimum absolute atomic E-state index is 0.137. The Hall–Kier alpha value is -2.47. The molecule has 0 aliphatic heterocycles. The molecule has 0 fully saturated rings. The maximum Gasteiger partial charge on any atom is 0.328 e. The van der Waals surface area contributed by atoms with Gasteiger partial charge in [0, 0.05) is 17.8 Å². The number of rotatable bonds is 5. The number of carbonyl (C=O) groups is 2. The van der Waals surface area contributed by atoms with Gasteiger partial charge in [-0.25, -0.2) is 4.79 Å². The molecular weight excluding hydrogens is 288 g/mol. The highest BCUT2D eigenvalue weighted by Gasteiger charge is 2.15. The molecule has 2 heterocycles. The van der Waals surface area contributed by atoms with Gasteiger partial charge in [0.2, 0.25) is 0 Å². The van der Waals surface area contributed by atoms with Crippen LogP contribution in [0.4, 0.5) is 0 Å². The standard InChI is InChI=1S/C15H14N2O3S/c1-10(12-6-8-21-9-12)17-15(20)14-11(3-2-7-16-14)4-5-13(18)19/h2-10H,1H3,(H,17,20)(H,18,19)/b5-4+. The summed E-state index contributed by atoms with van der Waals surface area (Å²) in [6, 6.07) is 5.11. The van der Waals surface area contributed by atoms with Crippen LogP contribution < -0.4 is 5.32 Å². The van der Waals surface area contributed by atoms with Gasteiger partial charge in [0.05, 0.1) is 6.04 Å². The van der Waals surface area contributed by atoms with Gasteiger partial charge in [-0.05, 0) is 41.5 Å². The molecule has 0 aliphatic carbocycles. The third-order valence-electron chi connectivity index (χ3n) is 2.85. The molecule has 1 amide bonds. The van der Waals surface area contributed by atoms with Crippen molar-refractivity contribution in [3.63, 3.8) is 0 Å². The zero-order valence-electron chi connectivity index (χ0n) is 11.3. The first-order valence-corrected chi connectivity index (χ1v) is 7.21. The second kappa shape index (κ2) is 6.81. The van der Waals surface area contributed by atoms with Crippen molar-refractivity contribution in [2.24, 2.45) is 0 Å². The molecule has 108 valence electrons. The molecule has 0 bridgehead atoms. The number of nitrogens with zero attached hydrogens (tertiary/aromatic N) is 1. The highest BCUT2D eigenvalue weighted by atomic mass is 32.1. The molecular formula is C15H14N2O3S. The fraction of sp³-hybridized carbons (Fsp3) is 0.133. The first-order valence-electron chi connectivity index (χ1n) is 6.27. The SMILES string of the molecule is CC(NC(=O)c1ncccc1/C=C/C(=O)O)c1ccsc1. The van der Waals surface area contributed by atoms with Crippen molar-refractivity contribution >= 4 is 29.3 Å². The van der Waals surface area contributed by atoms with Crippen molar-refractivity contribution in [1.29, 1.82) is 0 Å². The summed E-state index contributed by atoms with van der Waals surface area (Å²) in [5.74, 6) is -1.41. The predicted molar refractivity (Wildman–Crippen MR) is 81.1 cm³/mol. The van der Waals surface area contributed by atoms with E-state index in [1.54, 1.807) is 23.5 Å². The fourth-order valence-electron chi connectivity index (χ4n) is 1.77. The minimum Gasteiger partial charge on any atom is -0.478 e. The van der Waals surface area contributed by atoms with Gasteiger partial charge in [-0.15, -0.1) is 0 Å². The van der Waals surface area contributed by atoms with E-state index < -0.39 is 5.97 Å². The summed E-state index contributed by atoms with van der Waals surface area (Å²) >= 11 is 1.56. The first-order chi connectivity index (χ1) is 10.1. The Kier molecular flexibility index (Phi) is 4.84. The summed E-state index contributed by atoms with van der Waals surface area (Å²) in [4.78, 5) is 26.9. The number of pyridine rings is 1. The number of nitrogens with one attached hydrogen (secondary N) is 1. The molecule has 1 atom stereocenters. The average molecular weight is 302 g/mol. The molecule has 6 heteroatoms. The van der Waals surface area contributed by atoms with Crippen LogP contribution in [0.1, 0.15) is 34.6 Å². The second-order valence-corrected chi connectivity index (χ2v) is 5.14. The molecule has 0 saturated heterocycles. The monoisotopic (exact) mass is 302 g/mol. The fourth-order valence-corrected chi connectivity index (χ4v) is 2.53. The highest BCUT2D eigenvalue weighted by molar-refractivity contribution is 7.07. The molecule has 21 heavy (non-hydrogen) atoms. The topological polar surface area (TPSA) is 79.3 Å². The Bertz CT molecular complexity index is 665. The Morgan fingerprint density at radius 1 is 1.43 bits per heavy atom. The lowest BCUT2D eigenvalue weighted by Crippen LogP contribution is -2.27. The number of carboxylic acids is 1. The molecule has 0 radical (unpaired) electrons. The van der Waals surface area contributed by atoms with E-state index in [1.807, 2.05) is 23.8 Å². The number of aliphatic carboxylic acids is 1. The Morgan fingerprint density at radius 2 is 2.24 bits per heavy atom. The van der Waals surface area contributed by atoms with Crippen LogP contribution in [0.5, 0.6) is 0 Å². The van der Waals surface area contributed by atoms with Crippen LogP contribution in [0.2, 0.25) is 0 Å². The van der Waals surface area contributed by atoms with Crippen LogP contribution in [0, 0.1) is 0 Å². The highest BCUT2D eigenvalue weighted by Crippen LogP contribution is 2.17. The molecule has 0 saturated carbocycles. The Labute approximate surface area is 126 Å². The predicted octanol–water partition coefficient (Wildman–Crippen LogP) is 2.73. The lowest BCUT2D eigenvalue weighted by atomic mass is 10.1. The smallest absolute Gasteiger partial charge is 0.328 e. The quantitative estimate of drug-likeness (QED) is 0.832. The zero-order valence-corrected chi connectivity index (χ0v) is 12.1. The summed E-state index contributed by atoms with van der Waals surface area (Å²) in [5.41, 5.74) is 1.69. The summed E-state index contributed by atoms with van der Waals surface area (Å²) < 4.78 is 0. The van der Waals surface area contributed by atoms with Crippen molar-refractivity contribution in [2.75, 3.05) is 0 Å². The zero-order chi connectivity index (χ0) is 15.2. The maximum absolute atomic E-state index is 12.3. The molecule has 1 unspecified atom stereocenters. The number of carboxylic acid groups (broad SMARTS) is 1. The molecule has 2 N–H and O–H groups in total. The maximum atomic E-state index is 12.3. The molecule has 0 spiro atoms. The van der Waals surface area contributed by atoms with Crippen LogP contribution in [-0.4, -0.2) is 22.0 Å². The van der Waals surface area contributed by atoms with Gasteiger partial charge in [0.25, 0.3) is 5.91 Å². The number of hydrogen-bond donors (Lipinski definition) is 2. The summed E-state index contributed by atoms with van der Waals surface area (Å²) in [5, 5.41) is 15.4. The van der Waals surface area contributed by atoms with E-state index in [2.05, 4.69) is 10.3 Å². The molecule has 2 rings (SSSR count). The lowest BCUT2D eigenvalue weighted by Gasteiger charge is -2.13. The van der Waals surface area contributed by atoms with Crippen LogP contribution in [0.15, 0.2) is 41.2 Å². The van der Waals surface area contributed by atoms with Crippen LogP contribution in [-0.2, 0) is 4.79 Å². The van der Waals surface area contributed by atoms with Crippen LogP contribution in [0.25, 0.3) is 6.08 Å². The normalized spacial score (nSPS) is 12.2. The van der Waals surface area contributed by atoms with Crippen molar-refractivity contribution < 1.29 is 14.7 Å². The van der Waals surface area contributed by atoms with Gasteiger partial charge >= 0.3 is 5.97 Å².